The van der Waals surface area contributed by atoms with E-state index in [9.17, 15) is 4.79 Å². The van der Waals surface area contributed by atoms with Crippen molar-refractivity contribution in [1.29, 1.82) is 0 Å². The smallest absolute Gasteiger partial charge is 0.251 e. The number of alkyl halides is 1. The maximum Gasteiger partial charge on any atom is 0.251 e. The first kappa shape index (κ1) is 11.6. The summed E-state index contributed by atoms with van der Waals surface area (Å²) >= 11 is 7.03. The Morgan fingerprint density at radius 2 is 2.43 bits per heavy atom. The summed E-state index contributed by atoms with van der Waals surface area (Å²) in [6, 6.07) is 1.55. The predicted octanol–water partition coefficient (Wildman–Crippen LogP) is 2.05. The fourth-order valence-electron chi connectivity index (χ4n) is 1.07. The molecule has 0 saturated heterocycles. The lowest BCUT2D eigenvalue weighted by molar-refractivity contribution is 0.816. The number of nitrogens with zero attached hydrogens (tertiary/aromatic N) is 1. The van der Waals surface area contributed by atoms with E-state index in [1.165, 1.54) is 11.8 Å². The van der Waals surface area contributed by atoms with Gasteiger partial charge in [0.1, 0.15) is 0 Å². The number of nitrogens with one attached hydrogen (secondary N) is 1. The van der Waals surface area contributed by atoms with Crippen LogP contribution in [0.15, 0.2) is 16.0 Å². The zero-order valence-electron chi connectivity index (χ0n) is 8.05. The highest BCUT2D eigenvalue weighted by Crippen LogP contribution is 2.11. The molecular weight excluding hydrogens is 220 g/mol. The van der Waals surface area contributed by atoms with E-state index in [0.29, 0.717) is 11.0 Å². The maximum atomic E-state index is 11.2. The molecule has 78 valence electrons. The van der Waals surface area contributed by atoms with Gasteiger partial charge in [-0.05, 0) is 6.42 Å². The molecule has 0 spiro atoms. The van der Waals surface area contributed by atoms with Crippen molar-refractivity contribution in [2.45, 2.75) is 24.9 Å². The Morgan fingerprint density at radius 3 is 3.07 bits per heavy atom. The van der Waals surface area contributed by atoms with Crippen molar-refractivity contribution < 1.29 is 0 Å². The first-order valence-corrected chi connectivity index (χ1v) is 6.07. The van der Waals surface area contributed by atoms with E-state index < -0.39 is 0 Å². The number of H-pyrrole nitrogens is 1. The molecule has 0 aliphatic heterocycles. The van der Waals surface area contributed by atoms with Gasteiger partial charge in [-0.3, -0.25) is 4.79 Å². The Morgan fingerprint density at radius 1 is 1.64 bits per heavy atom. The van der Waals surface area contributed by atoms with Crippen molar-refractivity contribution in [3.8, 4) is 0 Å². The Kier molecular flexibility index (Phi) is 5.04. The van der Waals surface area contributed by atoms with Gasteiger partial charge in [0.05, 0.1) is 0 Å². The Balaban J connectivity index is 2.78. The second-order valence-corrected chi connectivity index (χ2v) is 4.29. The van der Waals surface area contributed by atoms with Gasteiger partial charge >= 0.3 is 0 Å². The van der Waals surface area contributed by atoms with Gasteiger partial charge in [-0.1, -0.05) is 25.1 Å². The Labute approximate surface area is 92.3 Å². The fourth-order valence-corrected chi connectivity index (χ4v) is 1.93. The highest BCUT2D eigenvalue weighted by atomic mass is 35.5. The zero-order chi connectivity index (χ0) is 10.4. The Bertz CT molecular complexity index is 340. The van der Waals surface area contributed by atoms with Crippen LogP contribution in [0.3, 0.4) is 0 Å². The maximum absolute atomic E-state index is 11.2. The van der Waals surface area contributed by atoms with Crippen LogP contribution in [0.4, 0.5) is 0 Å². The molecule has 0 atom stereocenters. The van der Waals surface area contributed by atoms with Gasteiger partial charge in [-0.25, -0.2) is 4.98 Å². The summed E-state index contributed by atoms with van der Waals surface area (Å²) in [4.78, 5) is 18.2. The minimum absolute atomic E-state index is 0.0828. The minimum Gasteiger partial charge on any atom is -0.301 e. The number of thioether (sulfide) groups is 1. The summed E-state index contributed by atoms with van der Waals surface area (Å²) in [6.07, 6.45) is 1.84. The van der Waals surface area contributed by atoms with E-state index in [2.05, 4.69) is 16.9 Å². The van der Waals surface area contributed by atoms with Crippen LogP contribution in [-0.2, 0) is 6.42 Å². The molecule has 0 fully saturated rings. The summed E-state index contributed by atoms with van der Waals surface area (Å²) in [6.45, 7) is 2.06. The van der Waals surface area contributed by atoms with Crippen LogP contribution in [0.2, 0.25) is 0 Å². The highest BCUT2D eigenvalue weighted by Gasteiger charge is 2.00. The topological polar surface area (TPSA) is 45.8 Å². The van der Waals surface area contributed by atoms with Gasteiger partial charge in [0.15, 0.2) is 5.16 Å². The highest BCUT2D eigenvalue weighted by molar-refractivity contribution is 7.99. The number of hydrogen-bond donors (Lipinski definition) is 1. The van der Waals surface area contributed by atoms with Crippen LogP contribution in [0.1, 0.15) is 19.0 Å². The summed E-state index contributed by atoms with van der Waals surface area (Å²) in [5, 5.41) is 0.668. The Hall–Kier alpha value is -0.480. The third-order valence-electron chi connectivity index (χ3n) is 1.60. The summed E-state index contributed by atoms with van der Waals surface area (Å²) in [5.74, 6) is 1.33. The first-order chi connectivity index (χ1) is 6.76. The summed E-state index contributed by atoms with van der Waals surface area (Å²) in [5.41, 5.74) is 0.772. The van der Waals surface area contributed by atoms with E-state index in [1.54, 1.807) is 6.07 Å². The summed E-state index contributed by atoms with van der Waals surface area (Å²) < 4.78 is 0. The number of rotatable bonds is 5. The molecule has 3 nitrogen and oxygen atoms in total. The van der Waals surface area contributed by atoms with E-state index >= 15 is 0 Å². The van der Waals surface area contributed by atoms with Crippen LogP contribution >= 0.6 is 23.4 Å². The number of aryl methyl sites for hydroxylation is 1. The number of aromatic nitrogens is 2. The lowest BCUT2D eigenvalue weighted by Gasteiger charge is -2.01. The molecule has 0 aliphatic carbocycles. The molecule has 0 aliphatic rings. The second-order valence-electron chi connectivity index (χ2n) is 2.83. The monoisotopic (exact) mass is 232 g/mol. The normalized spacial score (nSPS) is 10.4. The van der Waals surface area contributed by atoms with Gasteiger partial charge in [-0.15, -0.1) is 11.6 Å². The van der Waals surface area contributed by atoms with Crippen LogP contribution in [0.5, 0.6) is 0 Å². The van der Waals surface area contributed by atoms with Crippen molar-refractivity contribution in [3.05, 3.63) is 22.1 Å². The van der Waals surface area contributed by atoms with Crippen molar-refractivity contribution in [2.75, 3.05) is 11.6 Å². The third-order valence-corrected chi connectivity index (χ3v) is 2.88. The van der Waals surface area contributed by atoms with Crippen LogP contribution < -0.4 is 5.56 Å². The van der Waals surface area contributed by atoms with E-state index in [-0.39, 0.29) is 5.56 Å². The molecule has 1 aromatic rings. The fraction of sp³-hybridized carbons (Fsp3) is 0.556. The average Bonchev–Trinajstić information content (AvgIpc) is 2.14. The first-order valence-electron chi connectivity index (χ1n) is 4.55. The summed E-state index contributed by atoms with van der Waals surface area (Å²) in [7, 11) is 0. The minimum atomic E-state index is -0.0828. The van der Waals surface area contributed by atoms with Crippen molar-refractivity contribution in [3.63, 3.8) is 0 Å². The molecule has 0 saturated carbocycles. The number of halogens is 1. The van der Waals surface area contributed by atoms with Crippen LogP contribution in [0.25, 0.3) is 0 Å². The molecule has 5 heteroatoms. The van der Waals surface area contributed by atoms with Crippen molar-refractivity contribution >= 4 is 23.4 Å². The number of hydrogen-bond acceptors (Lipinski definition) is 3. The van der Waals surface area contributed by atoms with Crippen LogP contribution in [-0.4, -0.2) is 21.6 Å². The van der Waals surface area contributed by atoms with Crippen molar-refractivity contribution in [1.82, 2.24) is 9.97 Å². The lowest BCUT2D eigenvalue weighted by atomic mass is 10.2. The number of aromatic amines is 1. The third kappa shape index (κ3) is 3.72. The molecule has 0 aromatic carbocycles. The van der Waals surface area contributed by atoms with E-state index in [4.69, 9.17) is 11.6 Å². The van der Waals surface area contributed by atoms with Gasteiger partial charge in [-0.2, -0.15) is 0 Å². The molecule has 0 bridgehead atoms. The molecule has 0 amide bonds. The van der Waals surface area contributed by atoms with Crippen molar-refractivity contribution in [2.24, 2.45) is 0 Å². The molecule has 0 radical (unpaired) electrons. The molecule has 1 aromatic heterocycles. The molecule has 1 heterocycles. The molecular formula is C9H13ClN2OS. The quantitative estimate of drug-likeness (QED) is 0.480. The lowest BCUT2D eigenvalue weighted by Crippen LogP contribution is -2.10. The molecule has 1 rings (SSSR count). The van der Waals surface area contributed by atoms with Gasteiger partial charge in [0.2, 0.25) is 0 Å². The van der Waals surface area contributed by atoms with E-state index in [1.807, 2.05) is 0 Å². The van der Waals surface area contributed by atoms with Gasteiger partial charge in [0.25, 0.3) is 5.56 Å². The largest absolute Gasteiger partial charge is 0.301 e. The van der Waals surface area contributed by atoms with Crippen LogP contribution in [0, 0.1) is 0 Å². The molecule has 14 heavy (non-hydrogen) atoms. The predicted molar refractivity (Wildman–Crippen MR) is 60.3 cm³/mol. The molecule has 1 N–H and O–H groups in total. The van der Waals surface area contributed by atoms with Gasteiger partial charge < -0.3 is 4.98 Å². The molecule has 0 unspecified atom stereocenters. The van der Waals surface area contributed by atoms with E-state index in [0.717, 1.165) is 24.3 Å². The second kappa shape index (κ2) is 6.09. The van der Waals surface area contributed by atoms with Gasteiger partial charge in [0, 0.05) is 23.4 Å². The zero-order valence-corrected chi connectivity index (χ0v) is 9.62. The average molecular weight is 233 g/mol. The standard InChI is InChI=1S/C9H13ClN2OS/c1-2-3-7-6-8(13)12-9(11-7)14-5-4-10/h6H,2-5H2,1H3,(H,11,12,13). The SMILES string of the molecule is CCCc1cc(=O)[nH]c(SCCCl)n1.